The van der Waals surface area contributed by atoms with Gasteiger partial charge in [-0.05, 0) is 85.5 Å². The fraction of sp³-hybridized carbons (Fsp3) is 0.463. The normalized spacial score (nSPS) is 19.9. The first-order valence-electron chi connectivity index (χ1n) is 19.0. The zero-order valence-corrected chi connectivity index (χ0v) is 32.4. The first-order chi connectivity index (χ1) is 25.9. The summed E-state index contributed by atoms with van der Waals surface area (Å²) >= 11 is 6.61. The smallest absolute Gasteiger partial charge is 0.320 e. The minimum absolute atomic E-state index is 0.236. The number of piperidine rings is 1. The summed E-state index contributed by atoms with van der Waals surface area (Å²) in [4.78, 5) is 22.9. The van der Waals surface area contributed by atoms with E-state index in [0.29, 0.717) is 46.8 Å². The summed E-state index contributed by atoms with van der Waals surface area (Å²) in [6.45, 7) is 11.8. The van der Waals surface area contributed by atoms with Crippen molar-refractivity contribution in [1.82, 2.24) is 25.0 Å². The number of nitrogens with zero attached hydrogens (tertiary/aromatic N) is 4. The summed E-state index contributed by atoms with van der Waals surface area (Å²) in [6, 6.07) is 16.5. The van der Waals surface area contributed by atoms with Crippen LogP contribution in [0.3, 0.4) is 0 Å². The van der Waals surface area contributed by atoms with Crippen molar-refractivity contribution in [3.63, 3.8) is 0 Å². The highest BCUT2D eigenvalue weighted by Gasteiger charge is 2.30. The van der Waals surface area contributed by atoms with Gasteiger partial charge in [0.25, 0.3) is 0 Å². The van der Waals surface area contributed by atoms with Crippen molar-refractivity contribution < 1.29 is 14.3 Å². The van der Waals surface area contributed by atoms with Crippen molar-refractivity contribution in [3.8, 4) is 5.75 Å². The van der Waals surface area contributed by atoms with Gasteiger partial charge in [-0.2, -0.15) is 0 Å². The van der Waals surface area contributed by atoms with E-state index in [1.165, 1.54) is 6.42 Å². The van der Waals surface area contributed by atoms with Gasteiger partial charge in [0.1, 0.15) is 23.2 Å². The van der Waals surface area contributed by atoms with Crippen LogP contribution in [0.2, 0.25) is 5.02 Å². The average molecular weight is 756 g/mol. The van der Waals surface area contributed by atoms with E-state index in [0.717, 1.165) is 81.9 Å². The van der Waals surface area contributed by atoms with E-state index < -0.39 is 6.03 Å². The molecule has 1 aliphatic carbocycles. The van der Waals surface area contributed by atoms with E-state index in [9.17, 15) is 4.79 Å². The van der Waals surface area contributed by atoms with Crippen molar-refractivity contribution in [1.29, 1.82) is 10.8 Å². The lowest BCUT2D eigenvalue weighted by molar-refractivity contribution is 0.0384. The Kier molecular flexibility index (Phi) is 12.8. The van der Waals surface area contributed by atoms with E-state index in [1.807, 2.05) is 68.1 Å². The number of carbonyl (C=O) groups is 1. The Hall–Kier alpha value is -4.65. The van der Waals surface area contributed by atoms with Gasteiger partial charge in [0, 0.05) is 54.9 Å². The fourth-order valence-corrected chi connectivity index (χ4v) is 7.22. The Morgan fingerprint density at radius 2 is 1.78 bits per heavy atom. The number of likely N-dealkylation sites (tertiary alicyclic amines) is 1. The predicted octanol–water partition coefficient (Wildman–Crippen LogP) is 6.64. The molecule has 1 unspecified atom stereocenters. The third kappa shape index (κ3) is 10.1. The number of hydrogen-bond donors (Lipinski definition) is 5. The van der Waals surface area contributed by atoms with Crippen LogP contribution in [0.1, 0.15) is 81.7 Å². The molecule has 0 bridgehead atoms. The predicted molar refractivity (Wildman–Crippen MR) is 214 cm³/mol. The number of halogens is 1. The lowest BCUT2D eigenvalue weighted by Crippen LogP contribution is -2.43. The molecule has 2 fully saturated rings. The van der Waals surface area contributed by atoms with Gasteiger partial charge in [0.05, 0.1) is 31.1 Å². The third-order valence-electron chi connectivity index (χ3n) is 10.3. The fourth-order valence-electron chi connectivity index (χ4n) is 7.01. The topological polar surface area (TPSA) is 157 Å². The number of rotatable bonds is 8. The lowest BCUT2D eigenvalue weighted by atomic mass is 9.85. The molecule has 2 saturated heterocycles. The molecular formula is C41H54ClN9O3. The third-order valence-corrected chi connectivity index (χ3v) is 10.7. The minimum Gasteiger partial charge on any atom is -0.484 e. The van der Waals surface area contributed by atoms with Gasteiger partial charge in [-0.3, -0.25) is 25.6 Å². The number of aliphatic imine (C=N–C) groups is 1. The van der Waals surface area contributed by atoms with Gasteiger partial charge in [-0.25, -0.2) is 9.79 Å². The molecule has 6 N–H and O–H groups in total. The molecule has 2 atom stereocenters. The Morgan fingerprint density at radius 3 is 2.52 bits per heavy atom. The molecule has 3 heterocycles. The second-order valence-electron chi connectivity index (χ2n) is 15.3. The molecule has 2 aromatic carbocycles. The van der Waals surface area contributed by atoms with E-state index in [2.05, 4.69) is 15.5 Å². The standard InChI is InChI=1S/C41H54ClN9O3/c1-41(2,3)36(43)26-38(46-29-11-13-33(42)28(25-29)17-20-49-21-23-53-24-22-49)48-40(52)47-34-14-15-35(32-10-6-5-9-31(32)34)54-30-12-16-37(44)51(27-30)39(45)50-18-7-4-8-19-50/h5-6,9-13,16,25-27,34-35,44-45H,4,7-8,14-15,17-24,43H2,1-3H3,(H2,46,47,48,52)/t34?,35-/m1/s1. The highest BCUT2D eigenvalue weighted by atomic mass is 35.5. The highest BCUT2D eigenvalue weighted by molar-refractivity contribution is 6.31. The average Bonchev–Trinajstić information content (AvgIpc) is 3.16. The van der Waals surface area contributed by atoms with E-state index in [1.54, 1.807) is 29.0 Å². The molecule has 13 heteroatoms. The van der Waals surface area contributed by atoms with Gasteiger partial charge in [-0.1, -0.05) is 56.6 Å². The van der Waals surface area contributed by atoms with Crippen LogP contribution < -0.4 is 26.6 Å². The summed E-state index contributed by atoms with van der Waals surface area (Å²) in [6.07, 6.45) is 8.55. The maximum absolute atomic E-state index is 13.7. The Balaban J connectivity index is 1.16. The monoisotopic (exact) mass is 755 g/mol. The van der Waals surface area contributed by atoms with Crippen molar-refractivity contribution in [2.45, 2.75) is 71.4 Å². The Bertz CT molecular complexity index is 1920. The largest absolute Gasteiger partial charge is 0.484 e. The second-order valence-corrected chi connectivity index (χ2v) is 15.7. The van der Waals surface area contributed by atoms with Crippen molar-refractivity contribution in [2.75, 3.05) is 45.9 Å². The summed E-state index contributed by atoms with van der Waals surface area (Å²) < 4.78 is 13.6. The van der Waals surface area contributed by atoms with Crippen LogP contribution in [-0.4, -0.2) is 78.1 Å². The molecule has 3 aromatic rings. The number of morpholine rings is 1. The number of amidine groups is 1. The molecule has 2 aliphatic heterocycles. The number of benzene rings is 2. The summed E-state index contributed by atoms with van der Waals surface area (Å²) in [5.74, 6) is 1.21. The number of pyridine rings is 1. The van der Waals surface area contributed by atoms with Crippen molar-refractivity contribution in [3.05, 3.63) is 99.8 Å². The van der Waals surface area contributed by atoms with Gasteiger partial charge < -0.3 is 25.4 Å². The van der Waals surface area contributed by atoms with Crippen LogP contribution in [0.15, 0.2) is 77.6 Å². The lowest BCUT2D eigenvalue weighted by Gasteiger charge is -2.33. The maximum atomic E-state index is 13.7. The number of hydrogen-bond acceptors (Lipinski definition) is 8. The molecule has 0 radical (unpaired) electrons. The number of ether oxygens (including phenoxy) is 2. The maximum Gasteiger partial charge on any atom is 0.320 e. The van der Waals surface area contributed by atoms with Gasteiger partial charge in [0.2, 0.25) is 5.96 Å². The van der Waals surface area contributed by atoms with Crippen LogP contribution in [-0.2, 0) is 11.2 Å². The number of urea groups is 1. The number of nitrogens with one attached hydrogen (secondary N) is 4. The van der Waals surface area contributed by atoms with Crippen LogP contribution >= 0.6 is 11.6 Å². The van der Waals surface area contributed by atoms with E-state index in [4.69, 9.17) is 42.6 Å². The molecule has 6 rings (SSSR count). The molecule has 12 nitrogen and oxygen atoms in total. The summed E-state index contributed by atoms with van der Waals surface area (Å²) in [5.41, 5.74) is 10.6. The molecular weight excluding hydrogens is 702 g/mol. The van der Waals surface area contributed by atoms with Crippen LogP contribution in [0.5, 0.6) is 5.75 Å². The van der Waals surface area contributed by atoms with Crippen molar-refractivity contribution in [2.24, 2.45) is 16.1 Å². The number of amides is 2. The first-order valence-corrected chi connectivity index (χ1v) is 19.4. The molecule has 54 heavy (non-hydrogen) atoms. The highest BCUT2D eigenvalue weighted by Crippen LogP contribution is 2.38. The summed E-state index contributed by atoms with van der Waals surface area (Å²) in [7, 11) is 0. The van der Waals surface area contributed by atoms with Crippen molar-refractivity contribution >= 4 is 35.1 Å². The van der Waals surface area contributed by atoms with Crippen LogP contribution in [0.4, 0.5) is 10.5 Å². The first kappa shape index (κ1) is 39.1. The molecule has 0 saturated carbocycles. The summed E-state index contributed by atoms with van der Waals surface area (Å²) in [5, 5.41) is 24.1. The number of fused-ring (bicyclic) bond motifs is 1. The minimum atomic E-state index is -0.393. The number of nitrogens with two attached hydrogens (primary N) is 1. The molecule has 2 amide bonds. The van der Waals surface area contributed by atoms with E-state index in [-0.39, 0.29) is 23.0 Å². The zero-order chi connectivity index (χ0) is 38.2. The Labute approximate surface area is 323 Å². The van der Waals surface area contributed by atoms with Gasteiger partial charge >= 0.3 is 6.03 Å². The number of carbonyl (C=O) groups excluding carboxylic acids is 1. The van der Waals surface area contributed by atoms with Gasteiger partial charge in [0.15, 0.2) is 0 Å². The second kappa shape index (κ2) is 17.7. The molecule has 288 valence electrons. The van der Waals surface area contributed by atoms with E-state index >= 15 is 0 Å². The quantitative estimate of drug-likeness (QED) is 0.128. The Morgan fingerprint density at radius 1 is 1.04 bits per heavy atom. The number of aromatic nitrogens is 1. The zero-order valence-electron chi connectivity index (χ0n) is 31.7. The SMILES string of the molecule is CC(C)(C)C(N)=CC(=Nc1ccc(Cl)c(CCN2CCOCC2)c1)NC(=O)NC1CC[C@@H](Oc2ccc(=N)n(C(=N)N3CCCCC3)c2)c2ccccc21. The number of allylic oxidation sites excluding steroid dienone is 1. The van der Waals surface area contributed by atoms with Crippen LogP contribution in [0, 0.1) is 16.2 Å². The molecule has 3 aliphatic rings. The molecule has 1 aromatic heterocycles. The molecule has 0 spiro atoms. The van der Waals surface area contributed by atoms with Crippen LogP contribution in [0.25, 0.3) is 0 Å². The van der Waals surface area contributed by atoms with Gasteiger partial charge in [-0.15, -0.1) is 0 Å².